The number of hydrogen-bond donors (Lipinski definition) is 1. The highest BCUT2D eigenvalue weighted by molar-refractivity contribution is 7.91. The van der Waals surface area contributed by atoms with E-state index in [1.165, 1.54) is 56.7 Å². The van der Waals surface area contributed by atoms with Gasteiger partial charge in [0.05, 0.1) is 41.8 Å². The van der Waals surface area contributed by atoms with Gasteiger partial charge in [-0.05, 0) is 35.9 Å². The summed E-state index contributed by atoms with van der Waals surface area (Å²) in [5.74, 6) is -1.46. The normalized spacial score (nSPS) is 10.9. The van der Waals surface area contributed by atoms with Crippen LogP contribution in [0.1, 0.15) is 26.3 Å². The molecule has 0 saturated carbocycles. The fraction of sp³-hybridized carbons (Fsp3) is 0.176. The molecule has 1 N–H and O–H groups in total. The third-order valence-corrected chi connectivity index (χ3v) is 4.96. The van der Waals surface area contributed by atoms with E-state index in [0.717, 1.165) is 0 Å². The molecule has 0 saturated heterocycles. The molecule has 0 radical (unpaired) electrons. The van der Waals surface area contributed by atoms with Gasteiger partial charge in [-0.2, -0.15) is 0 Å². The van der Waals surface area contributed by atoms with Gasteiger partial charge in [0.1, 0.15) is 0 Å². The highest BCUT2D eigenvalue weighted by Gasteiger charge is 2.16. The molecule has 26 heavy (non-hydrogen) atoms. The van der Waals surface area contributed by atoms with Gasteiger partial charge in [0.2, 0.25) is 10.0 Å². The van der Waals surface area contributed by atoms with Gasteiger partial charge < -0.3 is 9.47 Å². The lowest BCUT2D eigenvalue weighted by Gasteiger charge is -2.11. The van der Waals surface area contributed by atoms with Gasteiger partial charge in [-0.25, -0.2) is 18.0 Å². The van der Waals surface area contributed by atoms with Crippen molar-refractivity contribution in [2.45, 2.75) is 5.75 Å². The minimum absolute atomic E-state index is 0.0701. The molecule has 0 atom stereocenters. The van der Waals surface area contributed by atoms with E-state index in [1.807, 2.05) is 0 Å². The van der Waals surface area contributed by atoms with E-state index in [9.17, 15) is 18.0 Å². The van der Waals surface area contributed by atoms with E-state index in [-0.39, 0.29) is 22.0 Å². The molecule has 0 bridgehead atoms. The summed E-state index contributed by atoms with van der Waals surface area (Å²) in [4.78, 5) is 23.0. The van der Waals surface area contributed by atoms with Crippen LogP contribution in [0, 0.1) is 0 Å². The van der Waals surface area contributed by atoms with E-state index in [2.05, 4.69) is 14.2 Å². The highest BCUT2D eigenvalue weighted by atomic mass is 35.5. The number of carbonyl (C=O) groups excluding carboxylic acids is 2. The summed E-state index contributed by atoms with van der Waals surface area (Å²) in [6.07, 6.45) is 0. The number of halogens is 1. The molecule has 138 valence electrons. The van der Waals surface area contributed by atoms with Gasteiger partial charge in [0, 0.05) is 0 Å². The molecule has 2 rings (SSSR count). The van der Waals surface area contributed by atoms with Gasteiger partial charge in [-0.15, -0.1) is 0 Å². The third-order valence-electron chi connectivity index (χ3n) is 3.38. The first-order valence-electron chi connectivity index (χ1n) is 7.31. The summed E-state index contributed by atoms with van der Waals surface area (Å²) < 4.78 is 36.3. The van der Waals surface area contributed by atoms with Crippen LogP contribution in [0.2, 0.25) is 5.02 Å². The van der Waals surface area contributed by atoms with Crippen molar-refractivity contribution in [3.05, 3.63) is 64.2 Å². The number of ether oxygens (including phenoxy) is 2. The maximum absolute atomic E-state index is 12.4. The molecular formula is C17H16ClNO6S. The average Bonchev–Trinajstić information content (AvgIpc) is 2.62. The van der Waals surface area contributed by atoms with Crippen LogP contribution in [-0.2, 0) is 25.2 Å². The molecule has 0 amide bonds. The number of methoxy groups -OCH3 is 2. The number of esters is 2. The Morgan fingerprint density at radius 1 is 0.962 bits per heavy atom. The minimum Gasteiger partial charge on any atom is -0.465 e. The predicted molar refractivity (Wildman–Crippen MR) is 96.8 cm³/mol. The molecule has 0 aromatic heterocycles. The van der Waals surface area contributed by atoms with Crippen LogP contribution >= 0.6 is 11.6 Å². The molecule has 0 fully saturated rings. The molecule has 2 aromatic carbocycles. The molecule has 0 unspecified atom stereocenters. The Kier molecular flexibility index (Phi) is 6.23. The van der Waals surface area contributed by atoms with Crippen molar-refractivity contribution in [1.29, 1.82) is 0 Å². The fourth-order valence-electron chi connectivity index (χ4n) is 2.13. The Morgan fingerprint density at radius 2 is 1.50 bits per heavy atom. The number of carbonyl (C=O) groups is 2. The maximum Gasteiger partial charge on any atom is 0.337 e. The monoisotopic (exact) mass is 397 g/mol. The van der Waals surface area contributed by atoms with Crippen LogP contribution in [0.5, 0.6) is 0 Å². The predicted octanol–water partition coefficient (Wildman–Crippen LogP) is 2.86. The topological polar surface area (TPSA) is 98.8 Å². The minimum atomic E-state index is -3.80. The largest absolute Gasteiger partial charge is 0.465 e. The van der Waals surface area contributed by atoms with Crippen molar-refractivity contribution in [1.82, 2.24) is 0 Å². The SMILES string of the molecule is COC(=O)c1ccc(CS(=O)(=O)Nc2cc(C(=O)OC)ccc2Cl)cc1. The second-order valence-corrected chi connectivity index (χ2v) is 7.37. The summed E-state index contributed by atoms with van der Waals surface area (Å²) in [5, 5.41) is 0.141. The Balaban J connectivity index is 2.18. The van der Waals surface area contributed by atoms with Crippen LogP contribution in [0.15, 0.2) is 42.5 Å². The van der Waals surface area contributed by atoms with Crippen molar-refractivity contribution in [2.24, 2.45) is 0 Å². The number of hydrogen-bond acceptors (Lipinski definition) is 6. The molecule has 0 aliphatic rings. The first-order chi connectivity index (χ1) is 12.3. The van der Waals surface area contributed by atoms with Crippen LogP contribution < -0.4 is 4.72 Å². The zero-order valence-corrected chi connectivity index (χ0v) is 15.6. The van der Waals surface area contributed by atoms with Gasteiger partial charge >= 0.3 is 11.9 Å². The van der Waals surface area contributed by atoms with Crippen molar-refractivity contribution < 1.29 is 27.5 Å². The van der Waals surface area contributed by atoms with E-state index < -0.39 is 22.0 Å². The summed E-state index contributed by atoms with van der Waals surface area (Å²) in [7, 11) is -1.32. The zero-order valence-electron chi connectivity index (χ0n) is 14.0. The molecule has 9 heteroatoms. The number of nitrogens with one attached hydrogen (secondary N) is 1. The second kappa shape index (κ2) is 8.20. The van der Waals surface area contributed by atoms with Crippen molar-refractivity contribution >= 4 is 39.3 Å². The molecule has 7 nitrogen and oxygen atoms in total. The summed E-state index contributed by atoms with van der Waals surface area (Å²) in [5.41, 5.74) is 1.01. The molecule has 0 heterocycles. The molecule has 0 aliphatic carbocycles. The van der Waals surface area contributed by atoms with Crippen molar-refractivity contribution in [3.63, 3.8) is 0 Å². The Bertz CT molecular complexity index is 925. The molecular weight excluding hydrogens is 382 g/mol. The Hall–Kier alpha value is -2.58. The fourth-order valence-corrected chi connectivity index (χ4v) is 3.55. The molecule has 2 aromatic rings. The van der Waals surface area contributed by atoms with Gasteiger partial charge in [0.25, 0.3) is 0 Å². The van der Waals surface area contributed by atoms with Gasteiger partial charge in [-0.3, -0.25) is 4.72 Å². The van der Waals surface area contributed by atoms with Crippen LogP contribution in [0.25, 0.3) is 0 Å². The lowest BCUT2D eigenvalue weighted by Crippen LogP contribution is -2.16. The van der Waals surface area contributed by atoms with Crippen LogP contribution in [-0.4, -0.2) is 34.6 Å². The lowest BCUT2D eigenvalue weighted by atomic mass is 10.1. The molecule has 0 aliphatic heterocycles. The first kappa shape index (κ1) is 19.7. The van der Waals surface area contributed by atoms with E-state index >= 15 is 0 Å². The van der Waals surface area contributed by atoms with E-state index in [0.29, 0.717) is 11.1 Å². The number of rotatable bonds is 6. The summed E-state index contributed by atoms with van der Waals surface area (Å²) >= 11 is 5.99. The standard InChI is InChI=1S/C17H16ClNO6S/c1-24-16(20)12-5-3-11(4-6-12)10-26(22,23)19-15-9-13(17(21)25-2)7-8-14(15)18/h3-9,19H,10H2,1-2H3. The summed E-state index contributed by atoms with van der Waals surface area (Å²) in [6, 6.07) is 10.1. The lowest BCUT2D eigenvalue weighted by molar-refractivity contribution is 0.0592. The smallest absolute Gasteiger partial charge is 0.337 e. The first-order valence-corrected chi connectivity index (χ1v) is 9.34. The van der Waals surface area contributed by atoms with Crippen LogP contribution in [0.4, 0.5) is 5.69 Å². The number of sulfonamides is 1. The van der Waals surface area contributed by atoms with Crippen molar-refractivity contribution in [3.8, 4) is 0 Å². The third kappa shape index (κ3) is 4.96. The van der Waals surface area contributed by atoms with Crippen LogP contribution in [0.3, 0.4) is 0 Å². The Morgan fingerprint density at radius 3 is 2.08 bits per heavy atom. The number of benzene rings is 2. The second-order valence-electron chi connectivity index (χ2n) is 5.24. The quantitative estimate of drug-likeness (QED) is 0.752. The highest BCUT2D eigenvalue weighted by Crippen LogP contribution is 2.25. The zero-order chi connectivity index (χ0) is 19.3. The van der Waals surface area contributed by atoms with Gasteiger partial charge in [0.15, 0.2) is 0 Å². The van der Waals surface area contributed by atoms with E-state index in [1.54, 1.807) is 0 Å². The average molecular weight is 398 g/mol. The summed E-state index contributed by atoms with van der Waals surface area (Å²) in [6.45, 7) is 0. The van der Waals surface area contributed by atoms with Crippen molar-refractivity contribution in [2.75, 3.05) is 18.9 Å². The Labute approximate surface area is 155 Å². The maximum atomic E-state index is 12.4. The van der Waals surface area contributed by atoms with Gasteiger partial charge in [-0.1, -0.05) is 23.7 Å². The van der Waals surface area contributed by atoms with E-state index in [4.69, 9.17) is 11.6 Å². The number of anilines is 1. The molecule has 0 spiro atoms.